The zero-order valence-electron chi connectivity index (χ0n) is 11.5. The van der Waals surface area contributed by atoms with E-state index in [0.29, 0.717) is 13.0 Å². The van der Waals surface area contributed by atoms with Gasteiger partial charge in [0.25, 0.3) is 0 Å². The summed E-state index contributed by atoms with van der Waals surface area (Å²) in [6.07, 6.45) is 0.129. The van der Waals surface area contributed by atoms with Gasteiger partial charge >= 0.3 is 0 Å². The molecule has 1 atom stereocenters. The van der Waals surface area contributed by atoms with Crippen molar-refractivity contribution in [3.63, 3.8) is 0 Å². The first kappa shape index (κ1) is 13.6. The van der Waals surface area contributed by atoms with Gasteiger partial charge in [0.15, 0.2) is 0 Å². The third kappa shape index (κ3) is 3.83. The van der Waals surface area contributed by atoms with Crippen LogP contribution < -0.4 is 4.74 Å². The molecule has 0 radical (unpaired) electrons. The van der Waals surface area contributed by atoms with Gasteiger partial charge in [-0.15, -0.1) is 0 Å². The highest BCUT2D eigenvalue weighted by molar-refractivity contribution is 5.33. The van der Waals surface area contributed by atoms with Crippen LogP contribution in [0.15, 0.2) is 48.5 Å². The van der Waals surface area contributed by atoms with Crippen LogP contribution in [0.5, 0.6) is 5.75 Å². The first-order valence-corrected chi connectivity index (χ1v) is 6.60. The molecule has 1 N–H and O–H groups in total. The fourth-order valence-corrected chi connectivity index (χ4v) is 1.93. The van der Waals surface area contributed by atoms with E-state index in [1.54, 1.807) is 0 Å². The highest BCUT2D eigenvalue weighted by Crippen LogP contribution is 2.19. The zero-order chi connectivity index (χ0) is 13.7. The topological polar surface area (TPSA) is 29.5 Å². The molecule has 0 heterocycles. The summed E-state index contributed by atoms with van der Waals surface area (Å²) in [5.41, 5.74) is 3.42. The van der Waals surface area contributed by atoms with Gasteiger partial charge in [0.1, 0.15) is 5.75 Å². The van der Waals surface area contributed by atoms with Gasteiger partial charge in [0.2, 0.25) is 0 Å². The summed E-state index contributed by atoms with van der Waals surface area (Å²) in [6, 6.07) is 15.7. The third-order valence-corrected chi connectivity index (χ3v) is 3.32. The summed E-state index contributed by atoms with van der Waals surface area (Å²) in [5, 5.41) is 10.0. The van der Waals surface area contributed by atoms with E-state index in [4.69, 9.17) is 4.74 Å². The standard InChI is InChI=1S/C17H20O2/c1-13-8-9-16(12-14(13)2)19-11-10-17(18)15-6-4-3-5-7-15/h3-9,12,17-18H,10-11H2,1-2H3. The molecule has 0 amide bonds. The fourth-order valence-electron chi connectivity index (χ4n) is 1.93. The second-order valence-electron chi connectivity index (χ2n) is 4.81. The first-order valence-electron chi connectivity index (χ1n) is 6.60. The Morgan fingerprint density at radius 1 is 1.00 bits per heavy atom. The van der Waals surface area contributed by atoms with Crippen LogP contribution in [0.3, 0.4) is 0 Å². The molecule has 0 aliphatic heterocycles. The summed E-state index contributed by atoms with van der Waals surface area (Å²) in [5.74, 6) is 0.864. The van der Waals surface area contributed by atoms with Crippen molar-refractivity contribution in [1.82, 2.24) is 0 Å². The second kappa shape index (κ2) is 6.39. The van der Waals surface area contributed by atoms with Crippen LogP contribution in [-0.4, -0.2) is 11.7 Å². The van der Waals surface area contributed by atoms with Crippen molar-refractivity contribution in [3.8, 4) is 5.75 Å². The van der Waals surface area contributed by atoms with Crippen LogP contribution in [0.1, 0.15) is 29.2 Å². The molecule has 0 aromatic heterocycles. The molecule has 0 aliphatic rings. The molecule has 0 saturated carbocycles. The van der Waals surface area contributed by atoms with E-state index in [-0.39, 0.29) is 0 Å². The molecular weight excluding hydrogens is 236 g/mol. The number of hydrogen-bond acceptors (Lipinski definition) is 2. The van der Waals surface area contributed by atoms with Gasteiger partial charge < -0.3 is 9.84 Å². The van der Waals surface area contributed by atoms with Crippen molar-refractivity contribution >= 4 is 0 Å². The highest BCUT2D eigenvalue weighted by atomic mass is 16.5. The van der Waals surface area contributed by atoms with Crippen molar-refractivity contribution in [1.29, 1.82) is 0 Å². The van der Waals surface area contributed by atoms with E-state index in [0.717, 1.165) is 11.3 Å². The Kier molecular flexibility index (Phi) is 4.58. The van der Waals surface area contributed by atoms with Crippen molar-refractivity contribution in [3.05, 3.63) is 65.2 Å². The molecule has 0 bridgehead atoms. The van der Waals surface area contributed by atoms with Crippen LogP contribution in [-0.2, 0) is 0 Å². The van der Waals surface area contributed by atoms with E-state index in [1.165, 1.54) is 11.1 Å². The second-order valence-corrected chi connectivity index (χ2v) is 4.81. The number of hydrogen-bond donors (Lipinski definition) is 1. The van der Waals surface area contributed by atoms with Gasteiger partial charge in [-0.25, -0.2) is 0 Å². The van der Waals surface area contributed by atoms with Gasteiger partial charge in [-0.3, -0.25) is 0 Å². The average molecular weight is 256 g/mol. The number of ether oxygens (including phenoxy) is 1. The molecular formula is C17H20O2. The lowest BCUT2D eigenvalue weighted by atomic mass is 10.1. The molecule has 2 nitrogen and oxygen atoms in total. The highest BCUT2D eigenvalue weighted by Gasteiger charge is 2.07. The minimum atomic E-state index is -0.465. The summed E-state index contributed by atoms with van der Waals surface area (Å²) >= 11 is 0. The molecule has 0 fully saturated rings. The maximum absolute atomic E-state index is 10.0. The molecule has 2 heteroatoms. The lowest BCUT2D eigenvalue weighted by molar-refractivity contribution is 0.141. The molecule has 100 valence electrons. The minimum absolute atomic E-state index is 0.465. The van der Waals surface area contributed by atoms with Crippen LogP contribution >= 0.6 is 0 Å². The SMILES string of the molecule is Cc1ccc(OCCC(O)c2ccccc2)cc1C. The number of aryl methyl sites for hydroxylation is 2. The molecule has 0 saturated heterocycles. The number of benzene rings is 2. The summed E-state index contributed by atoms with van der Waals surface area (Å²) < 4.78 is 5.67. The van der Waals surface area contributed by atoms with Crippen molar-refractivity contribution in [2.45, 2.75) is 26.4 Å². The Labute approximate surface area is 114 Å². The van der Waals surface area contributed by atoms with E-state index >= 15 is 0 Å². The molecule has 19 heavy (non-hydrogen) atoms. The summed E-state index contributed by atoms with van der Waals surface area (Å²) in [7, 11) is 0. The number of aliphatic hydroxyl groups excluding tert-OH is 1. The molecule has 2 aromatic carbocycles. The Balaban J connectivity index is 1.85. The van der Waals surface area contributed by atoms with E-state index in [1.807, 2.05) is 42.5 Å². The maximum Gasteiger partial charge on any atom is 0.119 e. The molecule has 2 aromatic rings. The quantitative estimate of drug-likeness (QED) is 0.881. The predicted octanol–water partition coefficient (Wildman–Crippen LogP) is 3.81. The smallest absolute Gasteiger partial charge is 0.119 e. The summed E-state index contributed by atoms with van der Waals surface area (Å²) in [4.78, 5) is 0. The van der Waals surface area contributed by atoms with Crippen LogP contribution in [0.25, 0.3) is 0 Å². The predicted molar refractivity (Wildman–Crippen MR) is 77.4 cm³/mol. The Bertz CT molecular complexity index is 520. The molecule has 0 aliphatic carbocycles. The van der Waals surface area contributed by atoms with Gasteiger partial charge in [-0.1, -0.05) is 36.4 Å². The Morgan fingerprint density at radius 2 is 1.74 bits per heavy atom. The lowest BCUT2D eigenvalue weighted by Crippen LogP contribution is -2.05. The largest absolute Gasteiger partial charge is 0.493 e. The van der Waals surface area contributed by atoms with E-state index < -0.39 is 6.10 Å². The lowest BCUT2D eigenvalue weighted by Gasteiger charge is -2.12. The van der Waals surface area contributed by atoms with Gasteiger partial charge in [0, 0.05) is 6.42 Å². The van der Waals surface area contributed by atoms with Gasteiger partial charge in [-0.05, 0) is 42.7 Å². The number of rotatable bonds is 5. The maximum atomic E-state index is 10.0. The molecule has 0 spiro atoms. The van der Waals surface area contributed by atoms with Gasteiger partial charge in [0.05, 0.1) is 12.7 Å². The average Bonchev–Trinajstić information content (AvgIpc) is 2.43. The van der Waals surface area contributed by atoms with Crippen LogP contribution in [0.4, 0.5) is 0 Å². The van der Waals surface area contributed by atoms with Gasteiger partial charge in [-0.2, -0.15) is 0 Å². The van der Waals surface area contributed by atoms with Crippen molar-refractivity contribution in [2.75, 3.05) is 6.61 Å². The van der Waals surface area contributed by atoms with Crippen LogP contribution in [0, 0.1) is 13.8 Å². The fraction of sp³-hybridized carbons (Fsp3) is 0.294. The summed E-state index contributed by atoms with van der Waals surface area (Å²) in [6.45, 7) is 4.66. The molecule has 2 rings (SSSR count). The van der Waals surface area contributed by atoms with E-state index in [2.05, 4.69) is 19.9 Å². The third-order valence-electron chi connectivity index (χ3n) is 3.32. The first-order chi connectivity index (χ1) is 9.16. The normalized spacial score (nSPS) is 12.2. The monoisotopic (exact) mass is 256 g/mol. The zero-order valence-corrected chi connectivity index (χ0v) is 11.5. The Hall–Kier alpha value is -1.80. The number of aliphatic hydroxyl groups is 1. The van der Waals surface area contributed by atoms with Crippen molar-refractivity contribution in [2.24, 2.45) is 0 Å². The van der Waals surface area contributed by atoms with E-state index in [9.17, 15) is 5.11 Å². The van der Waals surface area contributed by atoms with Crippen molar-refractivity contribution < 1.29 is 9.84 Å². The van der Waals surface area contributed by atoms with Crippen LogP contribution in [0.2, 0.25) is 0 Å². The molecule has 1 unspecified atom stereocenters. The Morgan fingerprint density at radius 3 is 2.42 bits per heavy atom. The minimum Gasteiger partial charge on any atom is -0.493 e.